The van der Waals surface area contributed by atoms with Gasteiger partial charge in [0.1, 0.15) is 16.6 Å². The van der Waals surface area contributed by atoms with Gasteiger partial charge in [0.2, 0.25) is 0 Å². The molecule has 6 heteroatoms. The molecule has 0 fully saturated rings. The van der Waals surface area contributed by atoms with Crippen molar-refractivity contribution in [3.63, 3.8) is 0 Å². The summed E-state index contributed by atoms with van der Waals surface area (Å²) in [5, 5.41) is 12.2. The molecule has 4 nitrogen and oxygen atoms in total. The number of carbonyl (C=O) groups is 1. The molecule has 0 unspecified atom stereocenters. The second kappa shape index (κ2) is 5.88. The van der Waals surface area contributed by atoms with Crippen LogP contribution in [0.2, 0.25) is 0 Å². The summed E-state index contributed by atoms with van der Waals surface area (Å²) in [5.41, 5.74) is 6.38. The van der Waals surface area contributed by atoms with E-state index in [1.807, 2.05) is 0 Å². The molecule has 0 aliphatic carbocycles. The molecule has 4 N–H and O–H groups in total. The predicted octanol–water partition coefficient (Wildman–Crippen LogP) is 2.73. The lowest BCUT2D eigenvalue weighted by Crippen LogP contribution is -2.19. The van der Waals surface area contributed by atoms with E-state index in [0.717, 1.165) is 0 Å². The zero-order valence-corrected chi connectivity index (χ0v) is 12.0. The van der Waals surface area contributed by atoms with E-state index in [1.165, 1.54) is 24.3 Å². The topological polar surface area (TPSA) is 75.3 Å². The van der Waals surface area contributed by atoms with Gasteiger partial charge >= 0.3 is 0 Å². The molecule has 0 radical (unpaired) electrons. The van der Waals surface area contributed by atoms with Crippen molar-refractivity contribution < 1.29 is 14.3 Å². The van der Waals surface area contributed by atoms with E-state index >= 15 is 0 Å². The minimum Gasteiger partial charge on any atom is -0.508 e. The number of hydrogen-bond acceptors (Lipinski definition) is 3. The molecule has 0 saturated heterocycles. The first-order valence-electron chi connectivity index (χ1n) is 6.10. The number of benzene rings is 2. The molecule has 0 aromatic heterocycles. The van der Waals surface area contributed by atoms with Crippen LogP contribution < -0.4 is 11.1 Å². The van der Waals surface area contributed by atoms with Crippen LogP contribution in [0.5, 0.6) is 5.75 Å². The van der Waals surface area contributed by atoms with Crippen molar-refractivity contribution in [2.45, 2.75) is 6.92 Å². The average Bonchev–Trinajstić information content (AvgIpc) is 2.41. The van der Waals surface area contributed by atoms with Gasteiger partial charge in [0.25, 0.3) is 5.91 Å². The molecule has 2 rings (SSSR count). The zero-order valence-electron chi connectivity index (χ0n) is 11.2. The molecule has 108 valence electrons. The number of nitrogens with one attached hydrogen (secondary N) is 1. The maximum atomic E-state index is 13.7. The van der Waals surface area contributed by atoms with Gasteiger partial charge in [0.05, 0.1) is 11.3 Å². The lowest BCUT2D eigenvalue weighted by Gasteiger charge is -2.12. The van der Waals surface area contributed by atoms with Gasteiger partial charge in [-0.15, -0.1) is 0 Å². The van der Waals surface area contributed by atoms with Gasteiger partial charge in [-0.2, -0.15) is 0 Å². The number of nitrogens with two attached hydrogens (primary N) is 1. The molecule has 2 aromatic rings. The summed E-state index contributed by atoms with van der Waals surface area (Å²) in [5.74, 6) is -1.07. The zero-order chi connectivity index (χ0) is 15.6. The van der Waals surface area contributed by atoms with E-state index in [0.29, 0.717) is 5.56 Å². The summed E-state index contributed by atoms with van der Waals surface area (Å²) in [6, 6.07) is 8.76. The van der Waals surface area contributed by atoms with E-state index in [4.69, 9.17) is 18.0 Å². The van der Waals surface area contributed by atoms with Crippen LogP contribution in [-0.4, -0.2) is 16.0 Å². The van der Waals surface area contributed by atoms with Gasteiger partial charge in [0, 0.05) is 11.1 Å². The maximum Gasteiger partial charge on any atom is 0.256 e. The van der Waals surface area contributed by atoms with Crippen LogP contribution in [0.3, 0.4) is 0 Å². The number of hydrogen-bond donors (Lipinski definition) is 3. The monoisotopic (exact) mass is 304 g/mol. The first kappa shape index (κ1) is 14.9. The molecule has 0 spiro atoms. The number of thiocarbonyl (C=S) groups is 1. The fraction of sp³-hybridized carbons (Fsp3) is 0.0667. The first-order chi connectivity index (χ1) is 9.91. The summed E-state index contributed by atoms with van der Waals surface area (Å²) in [6.07, 6.45) is 0. The number of anilines is 1. The lowest BCUT2D eigenvalue weighted by atomic mass is 10.1. The number of phenolic OH excluding ortho intramolecular Hbond substituents is 1. The Morgan fingerprint density at radius 1 is 1.29 bits per heavy atom. The van der Waals surface area contributed by atoms with Crippen molar-refractivity contribution >= 4 is 28.8 Å². The number of aromatic hydroxyl groups is 1. The fourth-order valence-corrected chi connectivity index (χ4v) is 2.15. The van der Waals surface area contributed by atoms with Gasteiger partial charge in [-0.3, -0.25) is 4.79 Å². The Kier molecular flexibility index (Phi) is 4.18. The van der Waals surface area contributed by atoms with Crippen LogP contribution in [0.1, 0.15) is 21.5 Å². The first-order valence-corrected chi connectivity index (χ1v) is 6.51. The Morgan fingerprint density at radius 2 is 1.95 bits per heavy atom. The molecular weight excluding hydrogens is 291 g/mol. The van der Waals surface area contributed by atoms with Gasteiger partial charge in [-0.25, -0.2) is 4.39 Å². The lowest BCUT2D eigenvalue weighted by molar-refractivity contribution is 0.102. The number of phenols is 1. The molecule has 1 amide bonds. The summed E-state index contributed by atoms with van der Waals surface area (Å²) in [6.45, 7) is 1.62. The van der Waals surface area contributed by atoms with Crippen LogP contribution in [0.4, 0.5) is 10.1 Å². The van der Waals surface area contributed by atoms with Crippen molar-refractivity contribution in [3.8, 4) is 5.75 Å². The minimum absolute atomic E-state index is 0.0106. The van der Waals surface area contributed by atoms with Gasteiger partial charge < -0.3 is 16.2 Å². The smallest absolute Gasteiger partial charge is 0.256 e. The van der Waals surface area contributed by atoms with E-state index in [9.17, 15) is 14.3 Å². The highest BCUT2D eigenvalue weighted by Gasteiger charge is 2.16. The second-order valence-electron chi connectivity index (χ2n) is 4.43. The van der Waals surface area contributed by atoms with Crippen LogP contribution in [-0.2, 0) is 0 Å². The average molecular weight is 304 g/mol. The summed E-state index contributed by atoms with van der Waals surface area (Å²) >= 11 is 4.80. The Bertz CT molecular complexity index is 732. The largest absolute Gasteiger partial charge is 0.508 e. The molecular formula is C15H13FN2O2S. The number of halogens is 1. The van der Waals surface area contributed by atoms with Crippen LogP contribution >= 0.6 is 12.2 Å². The molecule has 0 heterocycles. The third-order valence-electron chi connectivity index (χ3n) is 3.06. The van der Waals surface area contributed by atoms with E-state index in [-0.39, 0.29) is 27.6 Å². The number of rotatable bonds is 3. The van der Waals surface area contributed by atoms with Gasteiger partial charge in [-0.05, 0) is 31.2 Å². The molecule has 0 aliphatic heterocycles. The Balaban J connectivity index is 2.39. The molecule has 0 aliphatic rings. The summed E-state index contributed by atoms with van der Waals surface area (Å²) < 4.78 is 13.7. The third-order valence-corrected chi connectivity index (χ3v) is 3.26. The van der Waals surface area contributed by atoms with Crippen molar-refractivity contribution in [2.24, 2.45) is 5.73 Å². The molecule has 0 saturated carbocycles. The molecule has 2 aromatic carbocycles. The van der Waals surface area contributed by atoms with Crippen LogP contribution in [0, 0.1) is 12.7 Å². The SMILES string of the molecule is Cc1c(O)cccc1C(=O)Nc1cccc(F)c1C(N)=S. The second-order valence-corrected chi connectivity index (χ2v) is 4.87. The van der Waals surface area contributed by atoms with Crippen molar-refractivity contribution in [2.75, 3.05) is 5.32 Å². The van der Waals surface area contributed by atoms with E-state index < -0.39 is 11.7 Å². The third kappa shape index (κ3) is 3.00. The van der Waals surface area contributed by atoms with E-state index in [2.05, 4.69) is 5.32 Å². The molecule has 0 bridgehead atoms. The van der Waals surface area contributed by atoms with Gasteiger partial charge in [-0.1, -0.05) is 24.4 Å². The highest BCUT2D eigenvalue weighted by Crippen LogP contribution is 2.23. The van der Waals surface area contributed by atoms with Crippen molar-refractivity contribution in [3.05, 3.63) is 58.9 Å². The summed E-state index contributed by atoms with van der Waals surface area (Å²) in [7, 11) is 0. The number of amides is 1. The van der Waals surface area contributed by atoms with E-state index in [1.54, 1.807) is 19.1 Å². The van der Waals surface area contributed by atoms with Crippen LogP contribution in [0.25, 0.3) is 0 Å². The minimum atomic E-state index is -0.604. The van der Waals surface area contributed by atoms with Gasteiger partial charge in [0.15, 0.2) is 0 Å². The Hall–Kier alpha value is -2.47. The highest BCUT2D eigenvalue weighted by atomic mass is 32.1. The van der Waals surface area contributed by atoms with Crippen LogP contribution in [0.15, 0.2) is 36.4 Å². The Morgan fingerprint density at radius 3 is 2.62 bits per heavy atom. The quantitative estimate of drug-likeness (QED) is 0.762. The summed E-state index contributed by atoms with van der Waals surface area (Å²) in [4.78, 5) is 12.1. The normalized spacial score (nSPS) is 10.2. The highest BCUT2D eigenvalue weighted by molar-refractivity contribution is 7.80. The molecule has 0 atom stereocenters. The Labute approximate surface area is 126 Å². The number of carbonyl (C=O) groups excluding carboxylic acids is 1. The molecule has 21 heavy (non-hydrogen) atoms. The van der Waals surface area contributed by atoms with Crippen molar-refractivity contribution in [1.29, 1.82) is 0 Å². The predicted molar refractivity (Wildman–Crippen MR) is 83.1 cm³/mol. The maximum absolute atomic E-state index is 13.7. The fourth-order valence-electron chi connectivity index (χ4n) is 1.94. The van der Waals surface area contributed by atoms with Crippen molar-refractivity contribution in [1.82, 2.24) is 0 Å². The standard InChI is InChI=1S/C15H13FN2O2S/c1-8-9(4-2-7-12(8)19)15(20)18-11-6-3-5-10(16)13(11)14(17)21/h2-7,19H,1H3,(H2,17,21)(H,18,20).